The highest BCUT2D eigenvalue weighted by Crippen LogP contribution is 2.41. The zero-order valence-corrected chi connectivity index (χ0v) is 80.9. The van der Waals surface area contributed by atoms with Crippen LogP contribution < -0.4 is 4.74 Å². The average Bonchev–Trinajstić information content (AvgIpc) is 1.82. The first-order valence-electron chi connectivity index (χ1n) is 44.8. The molecule has 16 nitrogen and oxygen atoms in total. The molecule has 3 saturated heterocycles. The van der Waals surface area contributed by atoms with Crippen molar-refractivity contribution < 1.29 is 76.7 Å². The quantitative estimate of drug-likeness (QED) is 0.0194. The highest BCUT2D eigenvalue weighted by atomic mass is 28.3. The van der Waals surface area contributed by atoms with Crippen LogP contribution in [0.1, 0.15) is 226 Å². The summed E-state index contributed by atoms with van der Waals surface area (Å²) in [5.74, 6) is -0.481. The van der Waals surface area contributed by atoms with Gasteiger partial charge in [-0.05, 0) is 210 Å². The van der Waals surface area contributed by atoms with Gasteiger partial charge >= 0.3 is 17.9 Å². The second-order valence-electron chi connectivity index (χ2n) is 40.2. The molecule has 15 atom stereocenters. The molecular formula is C101H152O16Si3. The number of hydrogen-bond acceptors (Lipinski definition) is 16. The first kappa shape index (κ1) is 99.2. The second kappa shape index (κ2) is 44.6. The predicted molar refractivity (Wildman–Crippen MR) is 496 cm³/mol. The lowest BCUT2D eigenvalue weighted by Crippen LogP contribution is -2.28. The first-order chi connectivity index (χ1) is 56.3. The van der Waals surface area contributed by atoms with Crippen molar-refractivity contribution in [1.29, 1.82) is 0 Å². The standard InChI is InChI=1S/C39H56O6Si.2C31H48O5Si/c1-27-24-29(3)36(38(40)42-22-23-46(7,8)9)32(25-27)13-11-15-35-37(45-39(4,5)44-35)28(2)16-19-31-12-10-14-34(31)43-26-30-17-20-33(41-6)21-18-30;2*1-21-19-23(3)28(30(33)34-17-18-37(6,7)8)25(20-21)12-10-14-27-29(36-31(4,5)35-27)22(2)15-16-24-11-9-13-26(24)32/h11,13,16-21,24-25,28,31,34-35,37H,10,12,14-15,22-23,26H2,1-9H3;2*10,12,15-16,19-20,22,24,26-27,29,32H,9,11,13-14,17-18H2,1-8H3/b13-11+,19-16-;2*12-10+,16-15-/t28?,31?,34-,35?,37?;2*22?,24?,26?,27-,29+/m000/s1. The number of carbonyl (C=O) groups is 3. The van der Waals surface area contributed by atoms with E-state index in [1.807, 2.05) is 137 Å². The van der Waals surface area contributed by atoms with Gasteiger partial charge in [0.1, 0.15) is 5.75 Å². The molecule has 3 aliphatic carbocycles. The van der Waals surface area contributed by atoms with E-state index in [9.17, 15) is 24.6 Å². The maximum atomic E-state index is 13.2. The number of hydrogen-bond donors (Lipinski definition) is 2. The summed E-state index contributed by atoms with van der Waals surface area (Å²) in [4.78, 5) is 39.2. The third-order valence-corrected chi connectivity index (χ3v) is 28.9. The minimum Gasteiger partial charge on any atom is -0.497 e. The van der Waals surface area contributed by atoms with Crippen LogP contribution in [0.4, 0.5) is 0 Å². The number of ether oxygens (including phenoxy) is 11. The number of aliphatic hydroxyl groups excluding tert-OH is 2. The summed E-state index contributed by atoms with van der Waals surface area (Å²) in [6.07, 6.45) is 36.4. The van der Waals surface area contributed by atoms with Gasteiger partial charge in [-0.15, -0.1) is 0 Å². The molecule has 4 aromatic rings. The van der Waals surface area contributed by atoms with Gasteiger partial charge in [0.15, 0.2) is 17.4 Å². The normalized spacial score (nSPS) is 25.7. The Kier molecular flexibility index (Phi) is 36.9. The Hall–Kier alpha value is -6.18. The van der Waals surface area contributed by atoms with E-state index >= 15 is 0 Å². The van der Waals surface area contributed by atoms with E-state index in [2.05, 4.69) is 160 Å². The zero-order chi connectivity index (χ0) is 88.2. The maximum absolute atomic E-state index is 13.2. The van der Waals surface area contributed by atoms with Gasteiger partial charge in [0, 0.05) is 59.7 Å². The Morgan fingerprint density at radius 1 is 0.442 bits per heavy atom. The van der Waals surface area contributed by atoms with Crippen molar-refractivity contribution in [2.24, 2.45) is 35.5 Å². The van der Waals surface area contributed by atoms with Crippen LogP contribution in [0.25, 0.3) is 18.2 Å². The summed E-state index contributed by atoms with van der Waals surface area (Å²) in [6, 6.07) is 23.2. The number of esters is 3. The molecule has 2 N–H and O–H groups in total. The number of benzene rings is 4. The van der Waals surface area contributed by atoms with Gasteiger partial charge in [-0.25, -0.2) is 14.4 Å². The Labute approximate surface area is 725 Å². The molecule has 0 bridgehead atoms. The molecule has 3 heterocycles. The van der Waals surface area contributed by atoms with Crippen molar-refractivity contribution in [3.8, 4) is 5.75 Å². The van der Waals surface area contributed by atoms with Crippen LogP contribution in [0.5, 0.6) is 5.75 Å². The van der Waals surface area contributed by atoms with Gasteiger partial charge in [0.05, 0.1) is 105 Å². The molecule has 0 aromatic heterocycles. The topological polar surface area (TPSA) is 193 Å². The van der Waals surface area contributed by atoms with Crippen LogP contribution in [-0.2, 0) is 54.0 Å². The van der Waals surface area contributed by atoms with E-state index in [4.69, 9.17) is 52.1 Å². The lowest BCUT2D eigenvalue weighted by atomic mass is 9.94. The van der Waals surface area contributed by atoms with Gasteiger partial charge in [0.25, 0.3) is 0 Å². The van der Waals surface area contributed by atoms with Crippen LogP contribution in [0.15, 0.2) is 115 Å². The summed E-state index contributed by atoms with van der Waals surface area (Å²) in [5, 5.41) is 20.3. The molecule has 0 radical (unpaired) electrons. The molecule has 120 heavy (non-hydrogen) atoms. The molecule has 6 aliphatic rings. The number of carbonyl (C=O) groups excluding carboxylic acids is 3. The highest BCUT2D eigenvalue weighted by Gasteiger charge is 2.46. The van der Waals surface area contributed by atoms with Crippen molar-refractivity contribution in [3.63, 3.8) is 0 Å². The number of rotatable bonds is 34. The van der Waals surface area contributed by atoms with E-state index in [1.165, 1.54) is 6.42 Å². The summed E-state index contributed by atoms with van der Waals surface area (Å²) in [7, 11) is -2.16. The third-order valence-electron chi connectivity index (χ3n) is 23.8. The van der Waals surface area contributed by atoms with Crippen LogP contribution in [0.2, 0.25) is 77.1 Å². The predicted octanol–water partition coefficient (Wildman–Crippen LogP) is 23.5. The maximum Gasteiger partial charge on any atom is 0.338 e. The Bertz CT molecular complexity index is 4010. The largest absolute Gasteiger partial charge is 0.497 e. The molecule has 10 unspecified atom stereocenters. The fourth-order valence-corrected chi connectivity index (χ4v) is 19.4. The van der Waals surface area contributed by atoms with Crippen molar-refractivity contribution in [3.05, 3.63) is 188 Å². The number of aryl methyl sites for hydroxylation is 6. The minimum absolute atomic E-state index is 0.0822. The average molecular weight is 1710 g/mol. The number of aliphatic hydroxyl groups is 2. The molecule has 3 aliphatic heterocycles. The molecule has 10 rings (SSSR count). The number of methoxy groups -OCH3 is 1. The first-order valence-corrected chi connectivity index (χ1v) is 56.0. The molecular weight excluding hydrogens is 1550 g/mol. The minimum atomic E-state index is -1.29. The SMILES string of the molecule is COc1ccc(CO[C@H]2CCCC2/C=C\C(C)C2OC(C)(C)OC2C/C=C/c2cc(C)cc(C)c2C(=O)OCC[Si](C)(C)C)cc1.Cc1cc(C)c(C(=O)OCC[Si](C)(C)C)c(/C=C/C[C@@H]2OC(C)(C)O[C@@H]2C(C)/C=C\C2CCCC2O)c1.Cc1cc(C)c(C(=O)OCC[Si](C)(C)C)c(/C=C/C[C@@H]2OC(C)(C)O[C@@H]2C(C)/C=C\C2CCCC2O)c1. The van der Waals surface area contributed by atoms with Crippen molar-refractivity contribution >= 4 is 60.4 Å². The second-order valence-corrected chi connectivity index (χ2v) is 57.0. The van der Waals surface area contributed by atoms with Crippen LogP contribution in [0.3, 0.4) is 0 Å². The monoisotopic (exact) mass is 1710 g/mol. The fourth-order valence-electron chi connectivity index (χ4n) is 17.2. The smallest absolute Gasteiger partial charge is 0.338 e. The molecule has 4 aromatic carbocycles. The van der Waals surface area contributed by atoms with Gasteiger partial charge < -0.3 is 62.3 Å². The van der Waals surface area contributed by atoms with E-state index in [-0.39, 0.29) is 102 Å². The van der Waals surface area contributed by atoms with Crippen LogP contribution >= 0.6 is 0 Å². The molecule has 6 fully saturated rings. The highest BCUT2D eigenvalue weighted by molar-refractivity contribution is 6.76. The molecule has 0 amide bonds. The van der Waals surface area contributed by atoms with Crippen molar-refractivity contribution in [2.75, 3.05) is 26.9 Å². The van der Waals surface area contributed by atoms with E-state index < -0.39 is 41.6 Å². The molecule has 0 spiro atoms. The van der Waals surface area contributed by atoms with Gasteiger partial charge in [0.2, 0.25) is 0 Å². The lowest BCUT2D eigenvalue weighted by Gasteiger charge is -2.22. The Balaban J connectivity index is 0.000000226. The van der Waals surface area contributed by atoms with E-state index in [1.54, 1.807) is 7.11 Å². The van der Waals surface area contributed by atoms with Gasteiger partial charge in [-0.2, -0.15) is 0 Å². The van der Waals surface area contributed by atoms with Gasteiger partial charge in [-0.3, -0.25) is 0 Å². The summed E-state index contributed by atoms with van der Waals surface area (Å²) < 4.78 is 66.8. The Morgan fingerprint density at radius 2 is 0.750 bits per heavy atom. The van der Waals surface area contributed by atoms with Gasteiger partial charge in [-0.1, -0.05) is 237 Å². The van der Waals surface area contributed by atoms with E-state index in [0.717, 1.165) is 131 Å². The molecule has 3 saturated carbocycles. The summed E-state index contributed by atoms with van der Waals surface area (Å²) in [6.45, 7) is 53.0. The van der Waals surface area contributed by atoms with Crippen molar-refractivity contribution in [2.45, 2.75) is 337 Å². The van der Waals surface area contributed by atoms with Crippen LogP contribution in [0, 0.1) is 77.0 Å². The third kappa shape index (κ3) is 31.5. The fraction of sp³-hybridized carbons (Fsp3) is 0.614. The lowest BCUT2D eigenvalue weighted by molar-refractivity contribution is -0.148. The summed E-state index contributed by atoms with van der Waals surface area (Å²) >= 11 is 0. The van der Waals surface area contributed by atoms with Crippen molar-refractivity contribution in [1.82, 2.24) is 0 Å². The van der Waals surface area contributed by atoms with E-state index in [0.29, 0.717) is 68.3 Å². The molecule has 664 valence electrons. The van der Waals surface area contributed by atoms with Crippen LogP contribution in [-0.4, -0.2) is 152 Å². The molecule has 19 heteroatoms. The summed E-state index contributed by atoms with van der Waals surface area (Å²) in [5.41, 5.74) is 11.9. The Morgan fingerprint density at radius 3 is 1.05 bits per heavy atom. The zero-order valence-electron chi connectivity index (χ0n) is 77.9.